The van der Waals surface area contributed by atoms with Gasteiger partial charge >= 0.3 is 0 Å². The van der Waals surface area contributed by atoms with Crippen LogP contribution in [0.15, 0.2) is 48.9 Å². The Labute approximate surface area is 232 Å². The summed E-state index contributed by atoms with van der Waals surface area (Å²) < 4.78 is 15.1. The summed E-state index contributed by atoms with van der Waals surface area (Å²) in [5, 5.41) is 23.7. The lowest BCUT2D eigenvalue weighted by molar-refractivity contribution is 0.0527. The van der Waals surface area contributed by atoms with Gasteiger partial charge in [0, 0.05) is 48.7 Å². The molecule has 10 heteroatoms. The number of pyridine rings is 4. The van der Waals surface area contributed by atoms with Crippen LogP contribution in [0, 0.1) is 24.6 Å². The molecule has 1 aliphatic heterocycles. The number of aliphatic hydroxyl groups excluding tert-OH is 2. The third-order valence-corrected chi connectivity index (χ3v) is 7.51. The predicted octanol–water partition coefficient (Wildman–Crippen LogP) is 3.97. The van der Waals surface area contributed by atoms with E-state index in [0.717, 1.165) is 5.39 Å². The summed E-state index contributed by atoms with van der Waals surface area (Å²) >= 11 is 0. The number of anilines is 1. The Kier molecular flexibility index (Phi) is 7.73. The molecule has 1 fully saturated rings. The summed E-state index contributed by atoms with van der Waals surface area (Å²) in [6, 6.07) is 8.51. The number of hydrogen-bond acceptors (Lipinski definition) is 8. The van der Waals surface area contributed by atoms with Crippen LogP contribution < -0.4 is 10.2 Å². The van der Waals surface area contributed by atoms with E-state index in [1.54, 1.807) is 38.2 Å². The maximum atomic E-state index is 15.1. The van der Waals surface area contributed by atoms with Crippen molar-refractivity contribution >= 4 is 22.6 Å². The van der Waals surface area contributed by atoms with E-state index in [4.69, 9.17) is 9.97 Å². The molecule has 5 rings (SSSR count). The Balaban J connectivity index is 1.39. The average molecular weight is 545 g/mol. The minimum absolute atomic E-state index is 0.0435. The Bertz CT molecular complexity index is 1550. The van der Waals surface area contributed by atoms with Gasteiger partial charge in [0.25, 0.3) is 5.91 Å². The lowest BCUT2D eigenvalue weighted by Crippen LogP contribution is -2.47. The van der Waals surface area contributed by atoms with E-state index in [-0.39, 0.29) is 30.1 Å². The first-order valence-electron chi connectivity index (χ1n) is 13.4. The maximum absolute atomic E-state index is 15.1. The lowest BCUT2D eigenvalue weighted by atomic mass is 9.88. The van der Waals surface area contributed by atoms with Gasteiger partial charge in [0.05, 0.1) is 46.9 Å². The number of hydrogen-bond donors (Lipinski definition) is 3. The summed E-state index contributed by atoms with van der Waals surface area (Å²) in [4.78, 5) is 32.7. The molecule has 0 saturated carbocycles. The zero-order valence-corrected chi connectivity index (χ0v) is 23.0. The molecule has 1 amide bonds. The minimum atomic E-state index is -0.727. The Morgan fingerprint density at radius 2 is 1.88 bits per heavy atom. The highest BCUT2D eigenvalue weighted by Gasteiger charge is 2.31. The molecule has 208 valence electrons. The fourth-order valence-corrected chi connectivity index (χ4v) is 5.08. The summed E-state index contributed by atoms with van der Waals surface area (Å²) in [6.07, 6.45) is 3.52. The van der Waals surface area contributed by atoms with Crippen molar-refractivity contribution in [2.24, 2.45) is 11.8 Å². The molecule has 0 aromatic carbocycles. The standard InChI is InChI=1S/C30H33FN6O3/c1-16-14-37(15-17(2)29(16)39)27-9-24(31)18(3)28(36-27)25-6-5-20-12-33-23(8-26(20)35-25)13-34-30(40)22-7-21(19(4)38)10-32-11-22/h5-12,16-17,19,29,38-39H,13-15H2,1-4H3,(H,34,40)/t16-,17+,19-,29?/m1/s1. The van der Waals surface area contributed by atoms with Gasteiger partial charge in [-0.2, -0.15) is 0 Å². The number of aromatic nitrogens is 4. The van der Waals surface area contributed by atoms with Gasteiger partial charge in [-0.05, 0) is 55.5 Å². The van der Waals surface area contributed by atoms with Crippen LogP contribution in [0.25, 0.3) is 22.3 Å². The van der Waals surface area contributed by atoms with E-state index in [1.165, 1.54) is 18.5 Å². The van der Waals surface area contributed by atoms with Crippen LogP contribution in [0.3, 0.4) is 0 Å². The number of fused-ring (bicyclic) bond motifs is 1. The van der Waals surface area contributed by atoms with Crippen molar-refractivity contribution < 1.29 is 19.4 Å². The highest BCUT2D eigenvalue weighted by molar-refractivity contribution is 5.94. The third-order valence-electron chi connectivity index (χ3n) is 7.51. The van der Waals surface area contributed by atoms with Crippen LogP contribution in [0.1, 0.15) is 54.1 Å². The largest absolute Gasteiger partial charge is 0.392 e. The molecule has 4 aromatic heterocycles. The van der Waals surface area contributed by atoms with E-state index in [9.17, 15) is 15.0 Å². The molecule has 1 aliphatic rings. The molecule has 0 bridgehead atoms. The number of halogens is 1. The molecule has 3 N–H and O–H groups in total. The Morgan fingerprint density at radius 1 is 1.12 bits per heavy atom. The SMILES string of the molecule is Cc1c(F)cc(N2C[C@@H](C)C(O)[C@@H](C)C2)nc1-c1ccc2cnc(CNC(=O)c3cncc([C@@H](C)O)c3)cc2n1. The number of carbonyl (C=O) groups is 1. The molecule has 4 aromatic rings. The molecular weight excluding hydrogens is 511 g/mol. The number of nitrogens with one attached hydrogen (secondary N) is 1. The van der Waals surface area contributed by atoms with Crippen molar-refractivity contribution in [2.45, 2.75) is 46.4 Å². The molecule has 4 atom stereocenters. The Hall–Kier alpha value is -4.02. The lowest BCUT2D eigenvalue weighted by Gasteiger charge is -2.39. The second-order valence-corrected chi connectivity index (χ2v) is 10.7. The first-order chi connectivity index (χ1) is 19.1. The highest BCUT2D eigenvalue weighted by Crippen LogP contribution is 2.31. The molecule has 1 saturated heterocycles. The van der Waals surface area contributed by atoms with Gasteiger partial charge in [0.1, 0.15) is 11.6 Å². The van der Waals surface area contributed by atoms with Crippen LogP contribution >= 0.6 is 0 Å². The summed E-state index contributed by atoms with van der Waals surface area (Å²) in [7, 11) is 0. The average Bonchev–Trinajstić information content (AvgIpc) is 2.95. The maximum Gasteiger partial charge on any atom is 0.253 e. The first-order valence-corrected chi connectivity index (χ1v) is 13.4. The summed E-state index contributed by atoms with van der Waals surface area (Å²) in [5.41, 5.74) is 3.54. The zero-order valence-electron chi connectivity index (χ0n) is 23.0. The van der Waals surface area contributed by atoms with Gasteiger partial charge in [-0.1, -0.05) is 13.8 Å². The van der Waals surface area contributed by atoms with E-state index in [0.29, 0.717) is 58.2 Å². The molecule has 40 heavy (non-hydrogen) atoms. The topological polar surface area (TPSA) is 124 Å². The van der Waals surface area contributed by atoms with Gasteiger partial charge in [-0.25, -0.2) is 14.4 Å². The molecule has 0 spiro atoms. The van der Waals surface area contributed by atoms with E-state index >= 15 is 4.39 Å². The second kappa shape index (κ2) is 11.2. The zero-order chi connectivity index (χ0) is 28.6. The van der Waals surface area contributed by atoms with Gasteiger partial charge in [0.15, 0.2) is 0 Å². The Morgan fingerprint density at radius 3 is 2.60 bits per heavy atom. The predicted molar refractivity (Wildman–Crippen MR) is 150 cm³/mol. The third kappa shape index (κ3) is 5.64. The molecular formula is C30H33FN6O3. The molecule has 0 aliphatic carbocycles. The van der Waals surface area contributed by atoms with Crippen molar-refractivity contribution in [3.63, 3.8) is 0 Å². The van der Waals surface area contributed by atoms with Crippen molar-refractivity contribution in [3.8, 4) is 11.4 Å². The summed E-state index contributed by atoms with van der Waals surface area (Å²) in [6.45, 7) is 8.62. The number of rotatable bonds is 6. The van der Waals surface area contributed by atoms with Crippen LogP contribution in [0.4, 0.5) is 10.2 Å². The molecule has 9 nitrogen and oxygen atoms in total. The quantitative estimate of drug-likeness (QED) is 0.333. The highest BCUT2D eigenvalue weighted by atomic mass is 19.1. The second-order valence-electron chi connectivity index (χ2n) is 10.7. The van der Waals surface area contributed by atoms with E-state index < -0.39 is 12.2 Å². The first kappa shape index (κ1) is 27.5. The number of aliphatic hydroxyl groups is 2. The number of nitrogens with zero attached hydrogens (tertiary/aromatic N) is 5. The molecule has 5 heterocycles. The van der Waals surface area contributed by atoms with Gasteiger partial charge in [-0.3, -0.25) is 14.8 Å². The minimum Gasteiger partial charge on any atom is -0.392 e. The van der Waals surface area contributed by atoms with Gasteiger partial charge in [-0.15, -0.1) is 0 Å². The number of carbonyl (C=O) groups excluding carboxylic acids is 1. The smallest absolute Gasteiger partial charge is 0.253 e. The van der Waals surface area contributed by atoms with Crippen LogP contribution in [-0.4, -0.2) is 55.2 Å². The van der Waals surface area contributed by atoms with Crippen LogP contribution in [-0.2, 0) is 6.54 Å². The van der Waals surface area contributed by atoms with Crippen LogP contribution in [0.5, 0.6) is 0 Å². The van der Waals surface area contributed by atoms with Gasteiger partial charge < -0.3 is 20.4 Å². The monoisotopic (exact) mass is 544 g/mol. The van der Waals surface area contributed by atoms with E-state index in [1.807, 2.05) is 24.8 Å². The van der Waals surface area contributed by atoms with E-state index in [2.05, 4.69) is 15.3 Å². The fourth-order valence-electron chi connectivity index (χ4n) is 5.08. The number of amides is 1. The number of piperidine rings is 1. The van der Waals surface area contributed by atoms with Crippen LogP contribution in [0.2, 0.25) is 0 Å². The van der Waals surface area contributed by atoms with Crippen molar-refractivity contribution in [3.05, 3.63) is 77.1 Å². The van der Waals surface area contributed by atoms with Crippen molar-refractivity contribution in [2.75, 3.05) is 18.0 Å². The molecule has 1 unspecified atom stereocenters. The fraction of sp³-hybridized carbons (Fsp3) is 0.367. The molecule has 0 radical (unpaired) electrons. The van der Waals surface area contributed by atoms with Crippen molar-refractivity contribution in [1.29, 1.82) is 0 Å². The van der Waals surface area contributed by atoms with Crippen molar-refractivity contribution in [1.82, 2.24) is 25.3 Å². The van der Waals surface area contributed by atoms with Gasteiger partial charge in [0.2, 0.25) is 0 Å². The summed E-state index contributed by atoms with van der Waals surface area (Å²) in [5.74, 6) is -0.0814. The normalized spacial score (nSPS) is 20.0.